The first kappa shape index (κ1) is 15.5. The maximum absolute atomic E-state index is 11.3. The van der Waals surface area contributed by atoms with Crippen LogP contribution in [-0.4, -0.2) is 41.8 Å². The second-order valence-electron chi connectivity index (χ2n) is 5.46. The average molecular weight is 297 g/mol. The summed E-state index contributed by atoms with van der Waals surface area (Å²) in [5.74, 6) is -1.14. The first-order chi connectivity index (χ1) is 9.52. The molecule has 0 radical (unpaired) electrons. The van der Waals surface area contributed by atoms with Crippen molar-refractivity contribution in [3.8, 4) is 0 Å². The second kappa shape index (κ2) is 6.70. The Kier molecular flexibility index (Phi) is 5.18. The fourth-order valence-electron chi connectivity index (χ4n) is 2.85. The summed E-state index contributed by atoms with van der Waals surface area (Å²) in [6.45, 7) is 8.97. The lowest BCUT2D eigenvalue weighted by Gasteiger charge is -2.30. The normalized spacial score (nSPS) is 22.6. The smallest absolute Gasteiger partial charge is 0.310 e. The van der Waals surface area contributed by atoms with E-state index in [-0.39, 0.29) is 6.04 Å². The third-order valence-electron chi connectivity index (χ3n) is 3.86. The van der Waals surface area contributed by atoms with Crippen LogP contribution in [0, 0.1) is 19.8 Å². The number of carboxylic acids is 1. The van der Waals surface area contributed by atoms with Gasteiger partial charge in [0.1, 0.15) is 0 Å². The van der Waals surface area contributed by atoms with Crippen molar-refractivity contribution in [3.63, 3.8) is 0 Å². The molecule has 1 N–H and O–H groups in total. The number of hydrogen-bond acceptors (Lipinski definition) is 4. The predicted octanol–water partition coefficient (Wildman–Crippen LogP) is 2.68. The van der Waals surface area contributed by atoms with Crippen LogP contribution in [0.3, 0.4) is 0 Å². The fraction of sp³-hybridized carbons (Fsp3) is 0.667. The summed E-state index contributed by atoms with van der Waals surface area (Å²) in [5.41, 5.74) is 1.32. The Morgan fingerprint density at radius 2 is 2.25 bits per heavy atom. The lowest BCUT2D eigenvalue weighted by Crippen LogP contribution is -2.43. The molecule has 0 amide bonds. The third kappa shape index (κ3) is 3.40. The predicted molar refractivity (Wildman–Crippen MR) is 80.2 cm³/mol. The Morgan fingerprint density at radius 3 is 2.80 bits per heavy atom. The Balaban J connectivity index is 2.14. The fourth-order valence-corrected chi connectivity index (χ4v) is 3.79. The van der Waals surface area contributed by atoms with Crippen molar-refractivity contribution in [2.75, 3.05) is 19.8 Å². The van der Waals surface area contributed by atoms with E-state index in [9.17, 15) is 9.90 Å². The van der Waals surface area contributed by atoms with E-state index in [1.165, 1.54) is 15.3 Å². The van der Waals surface area contributed by atoms with Gasteiger partial charge in [0.15, 0.2) is 0 Å². The molecule has 0 spiro atoms. The number of nitrogens with zero attached hydrogens (tertiary/aromatic N) is 1. The van der Waals surface area contributed by atoms with Crippen LogP contribution in [0.5, 0.6) is 0 Å². The third-order valence-corrected chi connectivity index (χ3v) is 4.87. The Hall–Kier alpha value is -0.910. The Labute approximate surface area is 124 Å². The number of aryl methyl sites for hydroxylation is 2. The first-order valence-electron chi connectivity index (χ1n) is 7.13. The van der Waals surface area contributed by atoms with Crippen LogP contribution in [0.2, 0.25) is 0 Å². The van der Waals surface area contributed by atoms with E-state index < -0.39 is 11.9 Å². The lowest BCUT2D eigenvalue weighted by atomic mass is 10.0. The molecule has 2 rings (SSSR count). The highest BCUT2D eigenvalue weighted by Crippen LogP contribution is 2.26. The minimum atomic E-state index is -0.744. The average Bonchev–Trinajstić information content (AvgIpc) is 2.96. The molecule has 0 aliphatic carbocycles. The minimum absolute atomic E-state index is 0.00736. The van der Waals surface area contributed by atoms with Crippen LogP contribution in [-0.2, 0) is 16.1 Å². The number of carboxylic acid groups (broad SMARTS) is 1. The van der Waals surface area contributed by atoms with E-state index in [0.29, 0.717) is 13.2 Å². The molecule has 112 valence electrons. The molecule has 2 unspecified atom stereocenters. The van der Waals surface area contributed by atoms with Gasteiger partial charge < -0.3 is 9.84 Å². The maximum atomic E-state index is 11.3. The van der Waals surface area contributed by atoms with Gasteiger partial charge in [-0.3, -0.25) is 9.69 Å². The van der Waals surface area contributed by atoms with E-state index in [4.69, 9.17) is 4.74 Å². The number of rotatable bonds is 6. The van der Waals surface area contributed by atoms with E-state index in [1.807, 2.05) is 0 Å². The number of ether oxygens (including phenoxy) is 1. The largest absolute Gasteiger partial charge is 0.481 e. The molecule has 1 saturated heterocycles. The highest BCUT2D eigenvalue weighted by atomic mass is 32.1. The van der Waals surface area contributed by atoms with Crippen molar-refractivity contribution in [2.24, 2.45) is 5.92 Å². The molecule has 1 aliphatic rings. The van der Waals surface area contributed by atoms with Gasteiger partial charge in [-0.2, -0.15) is 0 Å². The van der Waals surface area contributed by atoms with E-state index >= 15 is 0 Å². The van der Waals surface area contributed by atoms with Gasteiger partial charge in [-0.25, -0.2) is 0 Å². The van der Waals surface area contributed by atoms with Crippen molar-refractivity contribution in [1.29, 1.82) is 0 Å². The molecular formula is C15H23NO3S. The molecule has 0 aromatic carbocycles. The highest BCUT2D eigenvalue weighted by Gasteiger charge is 2.37. The lowest BCUT2D eigenvalue weighted by molar-refractivity contribution is -0.143. The molecule has 5 heteroatoms. The van der Waals surface area contributed by atoms with E-state index in [2.05, 4.69) is 31.7 Å². The van der Waals surface area contributed by atoms with Crippen molar-refractivity contribution >= 4 is 17.3 Å². The van der Waals surface area contributed by atoms with Crippen LogP contribution in [0.4, 0.5) is 0 Å². The number of hydrogen-bond donors (Lipinski definition) is 1. The summed E-state index contributed by atoms with van der Waals surface area (Å²) in [4.78, 5) is 16.3. The summed E-state index contributed by atoms with van der Waals surface area (Å²) in [6, 6.07) is 2.21. The summed E-state index contributed by atoms with van der Waals surface area (Å²) in [6.07, 6.45) is 1.02. The first-order valence-corrected chi connectivity index (χ1v) is 7.95. The van der Waals surface area contributed by atoms with Gasteiger partial charge >= 0.3 is 5.97 Å². The molecule has 0 saturated carbocycles. The van der Waals surface area contributed by atoms with Gasteiger partial charge in [-0.05, 0) is 38.4 Å². The SMILES string of the molecule is CCCN(Cc1cc(C)sc1C)C1COCC1C(=O)O. The molecule has 4 nitrogen and oxygen atoms in total. The molecule has 1 aromatic heterocycles. The number of thiophene rings is 1. The molecule has 2 heterocycles. The zero-order chi connectivity index (χ0) is 14.7. The molecule has 1 aliphatic heterocycles. The van der Waals surface area contributed by atoms with Crippen LogP contribution >= 0.6 is 11.3 Å². The Bertz CT molecular complexity index is 472. The molecule has 20 heavy (non-hydrogen) atoms. The topological polar surface area (TPSA) is 49.8 Å². The molecule has 1 fully saturated rings. The molecule has 1 aromatic rings. The zero-order valence-electron chi connectivity index (χ0n) is 12.4. The standard InChI is InChI=1S/C15H23NO3S/c1-4-5-16(7-12-6-10(2)20-11(12)3)14-9-19-8-13(14)15(17)18/h6,13-14H,4-5,7-9H2,1-3H3,(H,17,18). The van der Waals surface area contributed by atoms with Crippen molar-refractivity contribution in [3.05, 3.63) is 21.4 Å². The van der Waals surface area contributed by atoms with Crippen LogP contribution in [0.1, 0.15) is 28.7 Å². The van der Waals surface area contributed by atoms with E-state index in [1.54, 1.807) is 11.3 Å². The van der Waals surface area contributed by atoms with Gasteiger partial charge in [-0.1, -0.05) is 6.92 Å². The second-order valence-corrected chi connectivity index (χ2v) is 6.92. The summed E-state index contributed by atoms with van der Waals surface area (Å²) in [7, 11) is 0. The van der Waals surface area contributed by atoms with Crippen molar-refractivity contribution in [2.45, 2.75) is 39.8 Å². The van der Waals surface area contributed by atoms with Crippen LogP contribution in [0.15, 0.2) is 6.07 Å². The summed E-state index contributed by atoms with van der Waals surface area (Å²) < 4.78 is 5.41. The van der Waals surface area contributed by atoms with Crippen molar-refractivity contribution in [1.82, 2.24) is 4.90 Å². The van der Waals surface area contributed by atoms with Crippen molar-refractivity contribution < 1.29 is 14.6 Å². The van der Waals surface area contributed by atoms with Gasteiger partial charge in [0.05, 0.1) is 19.1 Å². The quantitative estimate of drug-likeness (QED) is 0.877. The van der Waals surface area contributed by atoms with Crippen LogP contribution in [0.25, 0.3) is 0 Å². The number of aliphatic carboxylic acids is 1. The van der Waals surface area contributed by atoms with Gasteiger partial charge in [0.2, 0.25) is 0 Å². The summed E-state index contributed by atoms with van der Waals surface area (Å²) in [5, 5.41) is 9.32. The molecule has 0 bridgehead atoms. The van der Waals surface area contributed by atoms with Gasteiger partial charge in [0.25, 0.3) is 0 Å². The molecular weight excluding hydrogens is 274 g/mol. The van der Waals surface area contributed by atoms with Gasteiger partial charge in [-0.15, -0.1) is 11.3 Å². The number of carbonyl (C=O) groups is 1. The van der Waals surface area contributed by atoms with E-state index in [0.717, 1.165) is 19.5 Å². The highest BCUT2D eigenvalue weighted by molar-refractivity contribution is 7.12. The Morgan fingerprint density at radius 1 is 1.50 bits per heavy atom. The monoisotopic (exact) mass is 297 g/mol. The van der Waals surface area contributed by atoms with Crippen LogP contribution < -0.4 is 0 Å². The zero-order valence-corrected chi connectivity index (χ0v) is 13.2. The minimum Gasteiger partial charge on any atom is -0.481 e. The molecule has 2 atom stereocenters. The van der Waals surface area contributed by atoms with Gasteiger partial charge in [0, 0.05) is 22.3 Å². The maximum Gasteiger partial charge on any atom is 0.310 e. The summed E-state index contributed by atoms with van der Waals surface area (Å²) >= 11 is 1.80.